The van der Waals surface area contributed by atoms with Crippen LogP contribution >= 0.6 is 0 Å². The molecule has 2 fully saturated rings. The molecule has 0 N–H and O–H groups in total. The van der Waals surface area contributed by atoms with Gasteiger partial charge in [-0.3, -0.25) is 0 Å². The van der Waals surface area contributed by atoms with E-state index in [9.17, 15) is 4.39 Å². The highest BCUT2D eigenvalue weighted by Gasteiger charge is 2.32. The molecule has 3 heteroatoms. The van der Waals surface area contributed by atoms with Crippen molar-refractivity contribution in [2.45, 2.75) is 57.2 Å². The largest absolute Gasteiger partial charge is 0.352 e. The monoisotopic (exact) mass is 408 g/mol. The van der Waals surface area contributed by atoms with Crippen LogP contribution < -0.4 is 0 Å². The number of benzene rings is 2. The van der Waals surface area contributed by atoms with E-state index in [0.29, 0.717) is 17.8 Å². The van der Waals surface area contributed by atoms with E-state index < -0.39 is 0 Å². The topological polar surface area (TPSA) is 18.5 Å². The fourth-order valence-corrected chi connectivity index (χ4v) is 4.86. The molecule has 160 valence electrons. The van der Waals surface area contributed by atoms with Crippen LogP contribution in [-0.2, 0) is 9.47 Å². The standard InChI is InChI=1S/C27H33FO2/c1-2-3-4-5-20-18-29-27(30-19-20)25-12-10-23(11-13-25)21-6-8-22(9-7-21)24-14-16-26(28)17-15-24/h2,6-9,14-17,20,23,25,27H,1,3-5,10-13,18-19H2/t20-,23?,25?,27-. The Hall–Kier alpha value is -1.97. The third kappa shape index (κ3) is 5.39. The normalized spacial score (nSPS) is 27.0. The Labute approximate surface area is 180 Å². The number of unbranched alkanes of at least 4 members (excludes halogenated alkanes) is 1. The number of ether oxygens (including phenoxy) is 2. The van der Waals surface area contributed by atoms with Crippen LogP contribution in [-0.4, -0.2) is 19.5 Å². The van der Waals surface area contributed by atoms with Crippen molar-refractivity contribution < 1.29 is 13.9 Å². The molecule has 4 rings (SSSR count). The maximum Gasteiger partial charge on any atom is 0.160 e. The Bertz CT molecular complexity index is 783. The summed E-state index contributed by atoms with van der Waals surface area (Å²) in [6.07, 6.45) is 10.1. The third-order valence-corrected chi connectivity index (χ3v) is 6.73. The van der Waals surface area contributed by atoms with E-state index in [1.807, 2.05) is 18.2 Å². The summed E-state index contributed by atoms with van der Waals surface area (Å²) >= 11 is 0. The summed E-state index contributed by atoms with van der Waals surface area (Å²) in [6, 6.07) is 15.5. The molecule has 1 heterocycles. The molecule has 30 heavy (non-hydrogen) atoms. The van der Waals surface area contributed by atoms with E-state index in [1.165, 1.54) is 43.4 Å². The first-order valence-electron chi connectivity index (χ1n) is 11.4. The summed E-state index contributed by atoms with van der Waals surface area (Å²) in [5.41, 5.74) is 3.60. The number of hydrogen-bond acceptors (Lipinski definition) is 2. The molecule has 0 spiro atoms. The number of rotatable bonds is 7. The summed E-state index contributed by atoms with van der Waals surface area (Å²) in [5.74, 6) is 1.48. The van der Waals surface area contributed by atoms with Crippen molar-refractivity contribution in [3.63, 3.8) is 0 Å². The Kier molecular flexibility index (Phi) is 7.35. The molecule has 0 radical (unpaired) electrons. The molecule has 2 aromatic carbocycles. The molecule has 2 aliphatic rings. The minimum absolute atomic E-state index is 0.0116. The fraction of sp³-hybridized carbons (Fsp3) is 0.481. The van der Waals surface area contributed by atoms with Crippen molar-refractivity contribution in [2.75, 3.05) is 13.2 Å². The van der Waals surface area contributed by atoms with Crippen molar-refractivity contribution in [1.29, 1.82) is 0 Å². The molecule has 1 aliphatic heterocycles. The minimum Gasteiger partial charge on any atom is -0.352 e. The zero-order valence-corrected chi connectivity index (χ0v) is 17.8. The Morgan fingerprint density at radius 2 is 1.47 bits per heavy atom. The lowest BCUT2D eigenvalue weighted by atomic mass is 9.78. The lowest BCUT2D eigenvalue weighted by Crippen LogP contribution is -2.38. The number of hydrogen-bond donors (Lipinski definition) is 0. The first-order chi connectivity index (χ1) is 14.7. The van der Waals surface area contributed by atoms with Gasteiger partial charge in [0.25, 0.3) is 0 Å². The molecule has 0 atom stereocenters. The first-order valence-corrected chi connectivity index (χ1v) is 11.4. The first kappa shape index (κ1) is 21.3. The van der Waals surface area contributed by atoms with Gasteiger partial charge in [0.05, 0.1) is 13.2 Å². The summed E-state index contributed by atoms with van der Waals surface area (Å²) in [7, 11) is 0. The van der Waals surface area contributed by atoms with E-state index in [1.54, 1.807) is 0 Å². The highest BCUT2D eigenvalue weighted by Crippen LogP contribution is 2.39. The second-order valence-corrected chi connectivity index (χ2v) is 8.86. The van der Waals surface area contributed by atoms with Crippen LogP contribution in [0.4, 0.5) is 4.39 Å². The predicted octanol–water partition coefficient (Wildman–Crippen LogP) is 7.11. The van der Waals surface area contributed by atoms with Crippen LogP contribution in [0.3, 0.4) is 0 Å². The highest BCUT2D eigenvalue weighted by molar-refractivity contribution is 5.63. The van der Waals surface area contributed by atoms with Gasteiger partial charge in [-0.25, -0.2) is 4.39 Å². The molecule has 1 aliphatic carbocycles. The molecule has 0 aromatic heterocycles. The van der Waals surface area contributed by atoms with Crippen molar-refractivity contribution in [3.05, 3.63) is 72.6 Å². The molecular weight excluding hydrogens is 375 g/mol. The van der Waals surface area contributed by atoms with Crippen LogP contribution in [0.15, 0.2) is 61.2 Å². The van der Waals surface area contributed by atoms with Crippen LogP contribution in [0, 0.1) is 17.7 Å². The van der Waals surface area contributed by atoms with Crippen molar-refractivity contribution in [3.8, 4) is 11.1 Å². The zero-order chi connectivity index (χ0) is 20.8. The van der Waals surface area contributed by atoms with E-state index in [0.717, 1.165) is 43.6 Å². The van der Waals surface area contributed by atoms with Crippen molar-refractivity contribution >= 4 is 0 Å². The van der Waals surface area contributed by atoms with E-state index in [2.05, 4.69) is 30.8 Å². The van der Waals surface area contributed by atoms with Gasteiger partial charge in [0.2, 0.25) is 0 Å². The van der Waals surface area contributed by atoms with E-state index in [4.69, 9.17) is 9.47 Å². The average Bonchev–Trinajstić information content (AvgIpc) is 2.81. The number of allylic oxidation sites excluding steroid dienone is 1. The fourth-order valence-electron chi connectivity index (χ4n) is 4.86. The second kappa shape index (κ2) is 10.4. The molecule has 1 saturated heterocycles. The molecule has 0 unspecified atom stereocenters. The second-order valence-electron chi connectivity index (χ2n) is 8.86. The summed E-state index contributed by atoms with van der Waals surface area (Å²) in [6.45, 7) is 5.47. The summed E-state index contributed by atoms with van der Waals surface area (Å²) in [4.78, 5) is 0. The maximum absolute atomic E-state index is 13.1. The average molecular weight is 409 g/mol. The van der Waals surface area contributed by atoms with Crippen LogP contribution in [0.2, 0.25) is 0 Å². The van der Waals surface area contributed by atoms with Crippen LogP contribution in [0.5, 0.6) is 0 Å². The van der Waals surface area contributed by atoms with Crippen molar-refractivity contribution in [1.82, 2.24) is 0 Å². The lowest BCUT2D eigenvalue weighted by Gasteiger charge is -2.37. The van der Waals surface area contributed by atoms with Crippen LogP contribution in [0.1, 0.15) is 56.4 Å². The van der Waals surface area contributed by atoms with Gasteiger partial charge in [-0.1, -0.05) is 42.5 Å². The highest BCUT2D eigenvalue weighted by atomic mass is 19.1. The van der Waals surface area contributed by atoms with Gasteiger partial charge in [-0.15, -0.1) is 6.58 Å². The quantitative estimate of drug-likeness (QED) is 0.359. The van der Waals surface area contributed by atoms with Gasteiger partial charge in [-0.2, -0.15) is 0 Å². The molecular formula is C27H33FO2. The smallest absolute Gasteiger partial charge is 0.160 e. The van der Waals surface area contributed by atoms with Gasteiger partial charge in [0.15, 0.2) is 6.29 Å². The number of halogens is 1. The van der Waals surface area contributed by atoms with Gasteiger partial charge >= 0.3 is 0 Å². The summed E-state index contributed by atoms with van der Waals surface area (Å²) < 4.78 is 25.3. The Morgan fingerprint density at radius 1 is 0.867 bits per heavy atom. The van der Waals surface area contributed by atoms with Gasteiger partial charge in [-0.05, 0) is 79.7 Å². The maximum atomic E-state index is 13.1. The van der Waals surface area contributed by atoms with Gasteiger partial charge in [0.1, 0.15) is 5.82 Å². The summed E-state index contributed by atoms with van der Waals surface area (Å²) in [5, 5.41) is 0. The van der Waals surface area contributed by atoms with Gasteiger partial charge < -0.3 is 9.47 Å². The molecule has 1 saturated carbocycles. The Balaban J connectivity index is 1.25. The van der Waals surface area contributed by atoms with E-state index in [-0.39, 0.29) is 12.1 Å². The predicted molar refractivity (Wildman–Crippen MR) is 120 cm³/mol. The molecule has 2 aromatic rings. The minimum atomic E-state index is -0.193. The van der Waals surface area contributed by atoms with Crippen molar-refractivity contribution in [2.24, 2.45) is 11.8 Å². The molecule has 0 bridgehead atoms. The molecule has 0 amide bonds. The molecule has 2 nitrogen and oxygen atoms in total. The van der Waals surface area contributed by atoms with E-state index >= 15 is 0 Å². The Morgan fingerprint density at radius 3 is 2.07 bits per heavy atom. The lowest BCUT2D eigenvalue weighted by molar-refractivity contribution is -0.229. The zero-order valence-electron chi connectivity index (χ0n) is 17.8. The van der Waals surface area contributed by atoms with Gasteiger partial charge in [0, 0.05) is 11.8 Å². The SMILES string of the molecule is C=CCCC[C@H]1CO[C@H](C2CCC(c3ccc(-c4ccc(F)cc4)cc3)CC2)OC1. The third-order valence-electron chi connectivity index (χ3n) is 6.73. The van der Waals surface area contributed by atoms with Crippen LogP contribution in [0.25, 0.3) is 11.1 Å².